The van der Waals surface area contributed by atoms with Gasteiger partial charge in [-0.15, -0.1) is 0 Å². The Kier molecular flexibility index (Phi) is 4.18. The first-order chi connectivity index (χ1) is 8.39. The van der Waals surface area contributed by atoms with Crippen LogP contribution in [0.3, 0.4) is 0 Å². The molecule has 1 atom stereocenters. The number of nitrogens with one attached hydrogen (secondary N) is 1. The highest BCUT2D eigenvalue weighted by molar-refractivity contribution is 5.15. The van der Waals surface area contributed by atoms with Crippen LogP contribution in [0.4, 0.5) is 0 Å². The summed E-state index contributed by atoms with van der Waals surface area (Å²) in [5.74, 6) is 0. The largest absolute Gasteiger partial charge is 0.310 e. The van der Waals surface area contributed by atoms with Crippen molar-refractivity contribution < 1.29 is 0 Å². The second kappa shape index (κ2) is 5.34. The van der Waals surface area contributed by atoms with Gasteiger partial charge in [0.2, 0.25) is 0 Å². The maximum atomic E-state index is 3.72. The first-order valence-corrected chi connectivity index (χ1v) is 7.56. The smallest absolute Gasteiger partial charge is 0.0280 e. The molecular weight excluding hydrogens is 220 g/mol. The van der Waals surface area contributed by atoms with Gasteiger partial charge < -0.3 is 5.32 Å². The first-order valence-electron chi connectivity index (χ1n) is 7.56. The number of hydrogen-bond donors (Lipinski definition) is 1. The van der Waals surface area contributed by atoms with Crippen molar-refractivity contribution in [3.8, 4) is 0 Å². The number of hydrogen-bond acceptors (Lipinski definition) is 2. The summed E-state index contributed by atoms with van der Waals surface area (Å²) >= 11 is 0. The van der Waals surface area contributed by atoms with Crippen molar-refractivity contribution in [1.82, 2.24) is 10.2 Å². The number of rotatable bonds is 2. The van der Waals surface area contributed by atoms with E-state index in [-0.39, 0.29) is 0 Å². The molecular formula is C16H30N2. The first kappa shape index (κ1) is 14.1. The van der Waals surface area contributed by atoms with Gasteiger partial charge in [-0.1, -0.05) is 38.8 Å². The topological polar surface area (TPSA) is 15.3 Å². The Bertz CT molecular complexity index is 306. The van der Waals surface area contributed by atoms with E-state index in [0.717, 1.165) is 6.54 Å². The molecule has 104 valence electrons. The summed E-state index contributed by atoms with van der Waals surface area (Å²) in [6, 6.07) is 0. The van der Waals surface area contributed by atoms with E-state index >= 15 is 0 Å². The third kappa shape index (κ3) is 3.58. The molecule has 2 nitrogen and oxygen atoms in total. The minimum Gasteiger partial charge on any atom is -0.310 e. The van der Waals surface area contributed by atoms with Gasteiger partial charge in [0.25, 0.3) is 0 Å². The molecule has 0 bridgehead atoms. The molecule has 0 spiro atoms. The monoisotopic (exact) mass is 250 g/mol. The Morgan fingerprint density at radius 1 is 1.33 bits per heavy atom. The molecule has 2 aliphatic rings. The second-order valence-corrected chi connectivity index (χ2v) is 7.41. The Hall–Kier alpha value is -0.340. The van der Waals surface area contributed by atoms with Gasteiger partial charge in [-0.25, -0.2) is 0 Å². The van der Waals surface area contributed by atoms with Crippen LogP contribution < -0.4 is 5.32 Å². The van der Waals surface area contributed by atoms with Crippen molar-refractivity contribution in [3.05, 3.63) is 11.6 Å². The van der Waals surface area contributed by atoms with E-state index in [2.05, 4.69) is 44.0 Å². The minimum absolute atomic E-state index is 0.353. The Labute approximate surface area is 113 Å². The molecule has 1 unspecified atom stereocenters. The van der Waals surface area contributed by atoms with Gasteiger partial charge in [0, 0.05) is 25.2 Å². The lowest BCUT2D eigenvalue weighted by molar-refractivity contribution is 0.168. The molecule has 2 heteroatoms. The van der Waals surface area contributed by atoms with Crippen molar-refractivity contribution in [2.45, 2.75) is 58.9 Å². The van der Waals surface area contributed by atoms with Crippen LogP contribution in [-0.2, 0) is 0 Å². The van der Waals surface area contributed by atoms with Crippen LogP contribution in [0.25, 0.3) is 0 Å². The van der Waals surface area contributed by atoms with Crippen LogP contribution in [0.1, 0.15) is 53.4 Å². The summed E-state index contributed by atoms with van der Waals surface area (Å²) in [5, 5.41) is 3.72. The molecule has 2 heterocycles. The summed E-state index contributed by atoms with van der Waals surface area (Å²) in [5.41, 5.74) is 2.35. The third-order valence-electron chi connectivity index (χ3n) is 4.54. The predicted octanol–water partition coefficient (Wildman–Crippen LogP) is 3.20. The molecule has 0 saturated carbocycles. The van der Waals surface area contributed by atoms with Gasteiger partial charge in [-0.05, 0) is 38.1 Å². The summed E-state index contributed by atoms with van der Waals surface area (Å²) in [6.07, 6.45) is 7.79. The number of piperidine rings is 1. The van der Waals surface area contributed by atoms with Crippen LogP contribution in [0.15, 0.2) is 11.6 Å². The van der Waals surface area contributed by atoms with E-state index in [1.165, 1.54) is 45.3 Å². The van der Waals surface area contributed by atoms with Gasteiger partial charge in [-0.2, -0.15) is 0 Å². The number of nitrogens with zero attached hydrogens (tertiary/aromatic N) is 1. The van der Waals surface area contributed by atoms with E-state index < -0.39 is 0 Å². The zero-order valence-electron chi connectivity index (χ0n) is 12.7. The summed E-state index contributed by atoms with van der Waals surface area (Å²) in [4.78, 5) is 2.62. The molecule has 2 aliphatic heterocycles. The Morgan fingerprint density at radius 3 is 2.61 bits per heavy atom. The van der Waals surface area contributed by atoms with Gasteiger partial charge in [-0.3, -0.25) is 4.90 Å². The second-order valence-electron chi connectivity index (χ2n) is 7.41. The fraction of sp³-hybridized carbons (Fsp3) is 0.875. The molecule has 1 fully saturated rings. The molecule has 2 rings (SSSR count). The Balaban J connectivity index is 1.88. The van der Waals surface area contributed by atoms with Gasteiger partial charge in [0.05, 0.1) is 0 Å². The van der Waals surface area contributed by atoms with E-state index in [1.807, 2.05) is 0 Å². The zero-order chi connectivity index (χ0) is 13.2. The van der Waals surface area contributed by atoms with Crippen molar-refractivity contribution >= 4 is 0 Å². The summed E-state index contributed by atoms with van der Waals surface area (Å²) in [6.45, 7) is 14.2. The summed E-state index contributed by atoms with van der Waals surface area (Å²) < 4.78 is 0. The molecule has 0 aromatic heterocycles. The molecule has 0 amide bonds. The van der Waals surface area contributed by atoms with Crippen LogP contribution in [0.5, 0.6) is 0 Å². The molecule has 18 heavy (non-hydrogen) atoms. The molecule has 1 saturated heterocycles. The lowest BCUT2D eigenvalue weighted by Crippen LogP contribution is -2.54. The van der Waals surface area contributed by atoms with Gasteiger partial charge in [0.1, 0.15) is 0 Å². The standard InChI is InChI=1S/C16H30N2/c1-15(2,3)14-7-11-18(12-8-14)13-16(4)9-5-6-10-17-16/h7,17H,5-6,8-13H2,1-4H3. The SMILES string of the molecule is CC1(CN2CC=C(C(C)(C)C)CC2)CCCCN1. The highest BCUT2D eigenvalue weighted by Crippen LogP contribution is 2.30. The third-order valence-corrected chi connectivity index (χ3v) is 4.54. The maximum Gasteiger partial charge on any atom is 0.0280 e. The van der Waals surface area contributed by atoms with Crippen molar-refractivity contribution in [3.63, 3.8) is 0 Å². The van der Waals surface area contributed by atoms with Crippen LogP contribution in [0, 0.1) is 5.41 Å². The van der Waals surface area contributed by atoms with E-state index in [4.69, 9.17) is 0 Å². The lowest BCUT2D eigenvalue weighted by Gasteiger charge is -2.41. The fourth-order valence-corrected chi connectivity index (χ4v) is 3.28. The van der Waals surface area contributed by atoms with Crippen LogP contribution >= 0.6 is 0 Å². The molecule has 0 aromatic rings. The maximum absolute atomic E-state index is 3.72. The highest BCUT2D eigenvalue weighted by atomic mass is 15.2. The molecule has 0 aliphatic carbocycles. The normalized spacial score (nSPS) is 31.2. The van der Waals surface area contributed by atoms with Crippen LogP contribution in [-0.4, -0.2) is 36.6 Å². The zero-order valence-corrected chi connectivity index (χ0v) is 12.7. The Morgan fingerprint density at radius 2 is 2.11 bits per heavy atom. The highest BCUT2D eigenvalue weighted by Gasteiger charge is 2.30. The van der Waals surface area contributed by atoms with Gasteiger partial charge in [0.15, 0.2) is 0 Å². The molecule has 0 radical (unpaired) electrons. The molecule has 1 N–H and O–H groups in total. The minimum atomic E-state index is 0.353. The average Bonchev–Trinajstić information content (AvgIpc) is 2.29. The summed E-state index contributed by atoms with van der Waals surface area (Å²) in [7, 11) is 0. The van der Waals surface area contributed by atoms with E-state index in [1.54, 1.807) is 5.57 Å². The van der Waals surface area contributed by atoms with E-state index in [0.29, 0.717) is 11.0 Å². The van der Waals surface area contributed by atoms with Crippen molar-refractivity contribution in [2.75, 3.05) is 26.2 Å². The quantitative estimate of drug-likeness (QED) is 0.757. The average molecular weight is 250 g/mol. The predicted molar refractivity (Wildman–Crippen MR) is 78.9 cm³/mol. The fourth-order valence-electron chi connectivity index (χ4n) is 3.28. The lowest BCUT2D eigenvalue weighted by atomic mass is 9.82. The molecule has 0 aromatic carbocycles. The van der Waals surface area contributed by atoms with Gasteiger partial charge >= 0.3 is 0 Å². The van der Waals surface area contributed by atoms with Crippen molar-refractivity contribution in [1.29, 1.82) is 0 Å². The van der Waals surface area contributed by atoms with E-state index in [9.17, 15) is 0 Å². The van der Waals surface area contributed by atoms with Crippen molar-refractivity contribution in [2.24, 2.45) is 5.41 Å². The van der Waals surface area contributed by atoms with Crippen LogP contribution in [0.2, 0.25) is 0 Å².